The first-order valence-electron chi connectivity index (χ1n) is 9.37. The van der Waals surface area contributed by atoms with Crippen LogP contribution in [-0.4, -0.2) is 24.9 Å². The van der Waals surface area contributed by atoms with E-state index in [0.717, 1.165) is 50.1 Å². The van der Waals surface area contributed by atoms with Crippen LogP contribution in [0.25, 0.3) is 0 Å². The number of hydrogen-bond acceptors (Lipinski definition) is 3. The molecule has 2 amide bonds. The zero-order valence-corrected chi connectivity index (χ0v) is 15.8. The molecule has 1 aliphatic carbocycles. The highest BCUT2D eigenvalue weighted by Crippen LogP contribution is 2.32. The van der Waals surface area contributed by atoms with Crippen LogP contribution in [0.2, 0.25) is 5.02 Å². The average molecular weight is 384 g/mol. The first-order chi connectivity index (χ1) is 13.1. The number of carbonyl (C=O) groups is 2. The van der Waals surface area contributed by atoms with Crippen LogP contribution in [0.1, 0.15) is 36.0 Å². The van der Waals surface area contributed by atoms with Crippen molar-refractivity contribution < 1.29 is 9.59 Å². The number of nitrogens with one attached hydrogen (secondary N) is 2. The zero-order chi connectivity index (χ0) is 18.8. The van der Waals surface area contributed by atoms with Crippen molar-refractivity contribution in [3.05, 3.63) is 53.1 Å². The summed E-state index contributed by atoms with van der Waals surface area (Å²) < 4.78 is 0. The topological polar surface area (TPSA) is 61.4 Å². The number of hydrogen-bond donors (Lipinski definition) is 2. The summed E-state index contributed by atoms with van der Waals surface area (Å²) >= 11 is 6.14. The Balaban J connectivity index is 1.47. The predicted molar refractivity (Wildman–Crippen MR) is 109 cm³/mol. The second-order valence-corrected chi connectivity index (χ2v) is 7.59. The van der Waals surface area contributed by atoms with E-state index in [1.807, 2.05) is 12.1 Å². The summed E-state index contributed by atoms with van der Waals surface area (Å²) in [5.74, 6) is 0.0129. The average Bonchev–Trinajstić information content (AvgIpc) is 3.38. The Morgan fingerprint density at radius 1 is 0.963 bits per heavy atom. The number of rotatable bonds is 5. The third-order valence-electron chi connectivity index (χ3n) is 5.02. The summed E-state index contributed by atoms with van der Waals surface area (Å²) in [5, 5.41) is 6.45. The fraction of sp³-hybridized carbons (Fsp3) is 0.333. The van der Waals surface area contributed by atoms with Gasteiger partial charge in [-0.25, -0.2) is 0 Å². The highest BCUT2D eigenvalue weighted by Gasteiger charge is 2.29. The van der Waals surface area contributed by atoms with E-state index in [9.17, 15) is 9.59 Å². The van der Waals surface area contributed by atoms with Gasteiger partial charge in [-0.1, -0.05) is 11.6 Å². The Kier molecular flexibility index (Phi) is 5.03. The van der Waals surface area contributed by atoms with Crippen molar-refractivity contribution in [1.82, 2.24) is 0 Å². The Morgan fingerprint density at radius 2 is 1.67 bits per heavy atom. The molecule has 0 atom stereocenters. The maximum atomic E-state index is 12.7. The van der Waals surface area contributed by atoms with Crippen molar-refractivity contribution in [1.29, 1.82) is 0 Å². The number of amides is 2. The molecule has 1 saturated heterocycles. The van der Waals surface area contributed by atoms with Crippen LogP contribution in [0.15, 0.2) is 42.5 Å². The van der Waals surface area contributed by atoms with Crippen LogP contribution in [0.3, 0.4) is 0 Å². The third-order valence-corrected chi connectivity index (χ3v) is 5.25. The monoisotopic (exact) mass is 383 g/mol. The lowest BCUT2D eigenvalue weighted by Crippen LogP contribution is -2.21. The first-order valence-corrected chi connectivity index (χ1v) is 9.75. The largest absolute Gasteiger partial charge is 0.370 e. The summed E-state index contributed by atoms with van der Waals surface area (Å²) in [6.45, 7) is 1.97. The Morgan fingerprint density at radius 3 is 2.33 bits per heavy atom. The van der Waals surface area contributed by atoms with Gasteiger partial charge in [-0.15, -0.1) is 0 Å². The van der Waals surface area contributed by atoms with Gasteiger partial charge in [0, 0.05) is 35.3 Å². The van der Waals surface area contributed by atoms with E-state index in [0.29, 0.717) is 16.3 Å². The summed E-state index contributed by atoms with van der Waals surface area (Å²) in [7, 11) is 0. The molecule has 6 heteroatoms. The molecule has 0 radical (unpaired) electrons. The zero-order valence-electron chi connectivity index (χ0n) is 15.0. The van der Waals surface area contributed by atoms with Crippen LogP contribution in [0.4, 0.5) is 17.1 Å². The van der Waals surface area contributed by atoms with Crippen molar-refractivity contribution >= 4 is 40.5 Å². The van der Waals surface area contributed by atoms with Gasteiger partial charge in [0.25, 0.3) is 5.91 Å². The van der Waals surface area contributed by atoms with Gasteiger partial charge >= 0.3 is 0 Å². The molecule has 4 rings (SSSR count). The van der Waals surface area contributed by atoms with Gasteiger partial charge in [0.2, 0.25) is 5.91 Å². The second kappa shape index (κ2) is 7.61. The van der Waals surface area contributed by atoms with Crippen LogP contribution < -0.4 is 15.5 Å². The van der Waals surface area contributed by atoms with E-state index in [2.05, 4.69) is 15.5 Å². The molecule has 5 nitrogen and oxygen atoms in total. The molecule has 1 heterocycles. The Hall–Kier alpha value is -2.53. The first kappa shape index (κ1) is 17.9. The lowest BCUT2D eigenvalue weighted by atomic mass is 10.1. The number of benzene rings is 2. The highest BCUT2D eigenvalue weighted by atomic mass is 35.5. The van der Waals surface area contributed by atoms with E-state index in [1.54, 1.807) is 30.3 Å². The summed E-state index contributed by atoms with van der Waals surface area (Å²) in [5.41, 5.74) is 2.97. The van der Waals surface area contributed by atoms with Gasteiger partial charge in [0.15, 0.2) is 0 Å². The molecule has 0 aromatic heterocycles. The number of carbonyl (C=O) groups excluding carboxylic acids is 2. The molecule has 0 unspecified atom stereocenters. The van der Waals surface area contributed by atoms with Gasteiger partial charge in [0.1, 0.15) is 0 Å². The van der Waals surface area contributed by atoms with E-state index in [4.69, 9.17) is 11.6 Å². The lowest BCUT2D eigenvalue weighted by Gasteiger charge is -2.22. The van der Waals surface area contributed by atoms with Crippen molar-refractivity contribution in [2.75, 3.05) is 28.6 Å². The standard InChI is InChI=1S/C21H22ClN3O2/c22-16-7-10-19(25-11-1-2-12-25)18(13-16)24-21(27)15-5-8-17(9-6-15)23-20(26)14-3-4-14/h5-10,13-14H,1-4,11-12H2,(H,23,26)(H,24,27). The van der Waals surface area contributed by atoms with Crippen LogP contribution in [-0.2, 0) is 4.79 Å². The van der Waals surface area contributed by atoms with E-state index >= 15 is 0 Å². The van der Waals surface area contributed by atoms with Crippen LogP contribution in [0.5, 0.6) is 0 Å². The molecule has 1 aliphatic heterocycles. The van der Waals surface area contributed by atoms with Crippen molar-refractivity contribution in [2.24, 2.45) is 5.92 Å². The fourth-order valence-corrected chi connectivity index (χ4v) is 3.50. The minimum Gasteiger partial charge on any atom is -0.370 e. The maximum absolute atomic E-state index is 12.7. The number of anilines is 3. The second-order valence-electron chi connectivity index (χ2n) is 7.15. The van der Waals surface area contributed by atoms with Crippen molar-refractivity contribution in [2.45, 2.75) is 25.7 Å². The number of halogens is 1. The third kappa shape index (κ3) is 4.25. The summed E-state index contributed by atoms with van der Waals surface area (Å²) in [4.78, 5) is 26.8. The molecule has 2 fully saturated rings. The van der Waals surface area contributed by atoms with Gasteiger partial charge in [-0.2, -0.15) is 0 Å². The van der Waals surface area contributed by atoms with Crippen molar-refractivity contribution in [3.8, 4) is 0 Å². The Labute approximate surface area is 163 Å². The molecule has 2 aromatic carbocycles. The molecule has 1 saturated carbocycles. The molecule has 27 heavy (non-hydrogen) atoms. The molecular formula is C21H22ClN3O2. The molecule has 2 aliphatic rings. The van der Waals surface area contributed by atoms with E-state index in [1.165, 1.54) is 0 Å². The normalized spacial score (nSPS) is 16.3. The maximum Gasteiger partial charge on any atom is 0.255 e. The molecule has 0 bridgehead atoms. The number of nitrogens with zero attached hydrogens (tertiary/aromatic N) is 1. The lowest BCUT2D eigenvalue weighted by molar-refractivity contribution is -0.117. The summed E-state index contributed by atoms with van der Waals surface area (Å²) in [6.07, 6.45) is 4.24. The van der Waals surface area contributed by atoms with Crippen LogP contribution in [0, 0.1) is 5.92 Å². The van der Waals surface area contributed by atoms with Gasteiger partial charge in [-0.05, 0) is 68.1 Å². The smallest absolute Gasteiger partial charge is 0.255 e. The fourth-order valence-electron chi connectivity index (χ4n) is 3.33. The van der Waals surface area contributed by atoms with Gasteiger partial charge < -0.3 is 15.5 Å². The molecule has 2 N–H and O–H groups in total. The minimum absolute atomic E-state index is 0.0568. The van der Waals surface area contributed by atoms with E-state index < -0.39 is 0 Å². The van der Waals surface area contributed by atoms with Crippen molar-refractivity contribution in [3.63, 3.8) is 0 Å². The molecule has 140 valence electrons. The Bertz CT molecular complexity index is 856. The van der Waals surface area contributed by atoms with Crippen LogP contribution >= 0.6 is 11.6 Å². The quantitative estimate of drug-likeness (QED) is 0.796. The molecule has 2 aromatic rings. The van der Waals surface area contributed by atoms with Gasteiger partial charge in [-0.3, -0.25) is 9.59 Å². The SMILES string of the molecule is O=C(Nc1cc(Cl)ccc1N1CCCC1)c1ccc(NC(=O)C2CC2)cc1. The summed E-state index contributed by atoms with van der Waals surface area (Å²) in [6, 6.07) is 12.6. The minimum atomic E-state index is -0.196. The van der Waals surface area contributed by atoms with Gasteiger partial charge in [0.05, 0.1) is 11.4 Å². The highest BCUT2D eigenvalue weighted by molar-refractivity contribution is 6.31. The van der Waals surface area contributed by atoms with E-state index in [-0.39, 0.29) is 17.7 Å². The molecular weight excluding hydrogens is 362 g/mol. The molecule has 0 spiro atoms. The predicted octanol–water partition coefficient (Wildman–Crippen LogP) is 4.54.